The van der Waals surface area contributed by atoms with Crippen molar-refractivity contribution in [3.05, 3.63) is 0 Å². The third kappa shape index (κ3) is 0.807. The van der Waals surface area contributed by atoms with Gasteiger partial charge in [0.2, 0.25) is 0 Å². The minimum absolute atomic E-state index is 0.506. The molecule has 0 aliphatic heterocycles. The van der Waals surface area contributed by atoms with Gasteiger partial charge in [-0.2, -0.15) is 0 Å². The summed E-state index contributed by atoms with van der Waals surface area (Å²) < 4.78 is 0. The minimum Gasteiger partial charge on any atom is -0.327 e. The van der Waals surface area contributed by atoms with E-state index in [1.165, 1.54) is 6.42 Å². The Labute approximate surface area is 69.4 Å². The Morgan fingerprint density at radius 3 is 1.91 bits per heavy atom. The van der Waals surface area contributed by atoms with Crippen molar-refractivity contribution in [1.82, 2.24) is 0 Å². The Kier molecular flexibility index (Phi) is 1.54. The number of fused-ring (bicyclic) bond motifs is 2. The molecule has 6 atom stereocenters. The lowest BCUT2D eigenvalue weighted by Gasteiger charge is -2.34. The lowest BCUT2D eigenvalue weighted by Crippen LogP contribution is -2.40. The van der Waals surface area contributed by atoms with Gasteiger partial charge in [0.15, 0.2) is 0 Å². The van der Waals surface area contributed by atoms with Crippen molar-refractivity contribution in [2.45, 2.75) is 33.2 Å². The van der Waals surface area contributed by atoms with E-state index in [0.29, 0.717) is 6.04 Å². The van der Waals surface area contributed by atoms with Gasteiger partial charge in [-0.05, 0) is 36.0 Å². The fourth-order valence-electron chi connectivity index (χ4n) is 3.40. The zero-order valence-corrected chi connectivity index (χ0v) is 7.75. The highest BCUT2D eigenvalue weighted by Crippen LogP contribution is 2.53. The molecule has 64 valence electrons. The summed E-state index contributed by atoms with van der Waals surface area (Å²) in [6.07, 6.45) is 1.41. The van der Waals surface area contributed by atoms with E-state index in [1.807, 2.05) is 0 Å². The van der Waals surface area contributed by atoms with Crippen LogP contribution in [0.15, 0.2) is 0 Å². The molecule has 11 heavy (non-hydrogen) atoms. The summed E-state index contributed by atoms with van der Waals surface area (Å²) in [4.78, 5) is 0. The third-order valence-electron chi connectivity index (χ3n) is 4.50. The van der Waals surface area contributed by atoms with E-state index in [-0.39, 0.29) is 0 Å². The quantitative estimate of drug-likeness (QED) is 0.565. The largest absolute Gasteiger partial charge is 0.327 e. The predicted octanol–water partition coefficient (Wildman–Crippen LogP) is 1.87. The molecule has 6 unspecified atom stereocenters. The van der Waals surface area contributed by atoms with Crippen molar-refractivity contribution in [3.8, 4) is 0 Å². The summed E-state index contributed by atoms with van der Waals surface area (Å²) in [7, 11) is 0. The molecule has 0 aromatic heterocycles. The first-order valence-electron chi connectivity index (χ1n) is 4.88. The maximum atomic E-state index is 6.12. The number of rotatable bonds is 0. The monoisotopic (exact) mass is 153 g/mol. The molecule has 2 saturated carbocycles. The van der Waals surface area contributed by atoms with Gasteiger partial charge >= 0.3 is 0 Å². The summed E-state index contributed by atoms with van der Waals surface area (Å²) in [6, 6.07) is 0.506. The van der Waals surface area contributed by atoms with E-state index in [9.17, 15) is 0 Å². The first-order chi connectivity index (χ1) is 5.13. The van der Waals surface area contributed by atoms with E-state index in [4.69, 9.17) is 5.73 Å². The van der Waals surface area contributed by atoms with Crippen molar-refractivity contribution >= 4 is 0 Å². The fraction of sp³-hybridized carbons (Fsp3) is 1.00. The molecule has 0 heterocycles. The van der Waals surface area contributed by atoms with E-state index < -0.39 is 0 Å². The first-order valence-corrected chi connectivity index (χ1v) is 4.88. The Morgan fingerprint density at radius 2 is 1.45 bits per heavy atom. The smallest absolute Gasteiger partial charge is 0.00984 e. The van der Waals surface area contributed by atoms with Gasteiger partial charge in [-0.3, -0.25) is 0 Å². The van der Waals surface area contributed by atoms with Gasteiger partial charge < -0.3 is 5.73 Å². The zero-order chi connectivity index (χ0) is 8.17. The second kappa shape index (κ2) is 2.22. The average molecular weight is 153 g/mol. The highest BCUT2D eigenvalue weighted by Gasteiger charge is 2.51. The second-order valence-corrected chi connectivity index (χ2v) is 4.72. The molecule has 2 N–H and O–H groups in total. The van der Waals surface area contributed by atoms with E-state index in [1.54, 1.807) is 0 Å². The molecule has 1 nitrogen and oxygen atoms in total. The van der Waals surface area contributed by atoms with Crippen molar-refractivity contribution in [2.75, 3.05) is 0 Å². The lowest BCUT2D eigenvalue weighted by atomic mass is 9.74. The van der Waals surface area contributed by atoms with Crippen LogP contribution in [0.4, 0.5) is 0 Å². The third-order valence-corrected chi connectivity index (χ3v) is 4.50. The van der Waals surface area contributed by atoms with Crippen LogP contribution in [0.25, 0.3) is 0 Å². The van der Waals surface area contributed by atoms with Crippen LogP contribution in [-0.4, -0.2) is 6.04 Å². The predicted molar refractivity (Wildman–Crippen MR) is 47.1 cm³/mol. The number of nitrogens with two attached hydrogens (primary N) is 1. The Hall–Kier alpha value is -0.0400. The zero-order valence-electron chi connectivity index (χ0n) is 7.75. The molecule has 2 rings (SSSR count). The average Bonchev–Trinajstić information content (AvgIpc) is 2.40. The SMILES string of the molecule is CC1C(C)C2CC1C(C)C2N. The molecule has 0 radical (unpaired) electrons. The van der Waals surface area contributed by atoms with Crippen LogP contribution < -0.4 is 5.73 Å². The first kappa shape index (κ1) is 7.60. The van der Waals surface area contributed by atoms with Gasteiger partial charge in [-0.1, -0.05) is 20.8 Å². The van der Waals surface area contributed by atoms with Crippen molar-refractivity contribution in [2.24, 2.45) is 35.3 Å². The standard InChI is InChI=1S/C10H19N/c1-5-6(2)9-4-8(5)7(3)10(9)11/h5-10H,4,11H2,1-3H3. The number of hydrogen-bond acceptors (Lipinski definition) is 1. The second-order valence-electron chi connectivity index (χ2n) is 4.72. The maximum absolute atomic E-state index is 6.12. The highest BCUT2D eigenvalue weighted by atomic mass is 14.8. The van der Waals surface area contributed by atoms with Crippen LogP contribution in [0.2, 0.25) is 0 Å². The molecule has 0 saturated heterocycles. The molecule has 0 spiro atoms. The molecular formula is C10H19N. The lowest BCUT2D eigenvalue weighted by molar-refractivity contribution is 0.174. The minimum atomic E-state index is 0.506. The summed E-state index contributed by atoms with van der Waals surface area (Å²) in [5.41, 5.74) is 6.12. The van der Waals surface area contributed by atoms with Gasteiger partial charge in [0.05, 0.1) is 0 Å². The summed E-state index contributed by atoms with van der Waals surface area (Å²) in [6.45, 7) is 7.11. The molecule has 0 aromatic rings. The van der Waals surface area contributed by atoms with Gasteiger partial charge in [0, 0.05) is 6.04 Å². The van der Waals surface area contributed by atoms with Gasteiger partial charge in [0.1, 0.15) is 0 Å². The number of hydrogen-bond donors (Lipinski definition) is 1. The van der Waals surface area contributed by atoms with Gasteiger partial charge in [0.25, 0.3) is 0 Å². The molecule has 2 bridgehead atoms. The molecule has 2 fully saturated rings. The molecule has 1 heteroatoms. The van der Waals surface area contributed by atoms with Gasteiger partial charge in [-0.15, -0.1) is 0 Å². The molecule has 2 aliphatic carbocycles. The van der Waals surface area contributed by atoms with Gasteiger partial charge in [-0.25, -0.2) is 0 Å². The van der Waals surface area contributed by atoms with Crippen molar-refractivity contribution < 1.29 is 0 Å². The van der Waals surface area contributed by atoms with E-state index in [2.05, 4.69) is 20.8 Å². The molecule has 2 aliphatic rings. The van der Waals surface area contributed by atoms with Crippen LogP contribution in [0.5, 0.6) is 0 Å². The molecule has 0 amide bonds. The van der Waals surface area contributed by atoms with Crippen LogP contribution >= 0.6 is 0 Å². The summed E-state index contributed by atoms with van der Waals surface area (Å²) in [5, 5.41) is 0. The van der Waals surface area contributed by atoms with E-state index >= 15 is 0 Å². The summed E-state index contributed by atoms with van der Waals surface area (Å²) in [5.74, 6) is 4.36. The maximum Gasteiger partial charge on any atom is 0.00984 e. The molecular weight excluding hydrogens is 134 g/mol. The normalized spacial score (nSPS) is 62.2. The Balaban J connectivity index is 2.21. The van der Waals surface area contributed by atoms with Crippen LogP contribution in [0.3, 0.4) is 0 Å². The van der Waals surface area contributed by atoms with Crippen LogP contribution in [0.1, 0.15) is 27.2 Å². The van der Waals surface area contributed by atoms with Crippen LogP contribution in [0, 0.1) is 29.6 Å². The summed E-state index contributed by atoms with van der Waals surface area (Å²) >= 11 is 0. The Morgan fingerprint density at radius 1 is 0.909 bits per heavy atom. The Bertz CT molecular complexity index is 132. The topological polar surface area (TPSA) is 26.0 Å². The fourth-order valence-corrected chi connectivity index (χ4v) is 3.40. The highest BCUT2D eigenvalue weighted by molar-refractivity contribution is 5.03. The molecule has 0 aromatic carbocycles. The van der Waals surface area contributed by atoms with Crippen LogP contribution in [-0.2, 0) is 0 Å². The van der Waals surface area contributed by atoms with Crippen molar-refractivity contribution in [1.29, 1.82) is 0 Å². The van der Waals surface area contributed by atoms with Crippen molar-refractivity contribution in [3.63, 3.8) is 0 Å². The van der Waals surface area contributed by atoms with E-state index in [0.717, 1.165) is 29.6 Å².